The van der Waals surface area contributed by atoms with E-state index in [1.54, 1.807) is 0 Å². The van der Waals surface area contributed by atoms with E-state index < -0.39 is 5.97 Å². The van der Waals surface area contributed by atoms with Crippen LogP contribution in [0.1, 0.15) is 62.5 Å². The van der Waals surface area contributed by atoms with Crippen LogP contribution in [-0.4, -0.2) is 11.1 Å². The fourth-order valence-electron chi connectivity index (χ4n) is 2.08. The lowest BCUT2D eigenvalue weighted by atomic mass is 10.1. The Morgan fingerprint density at radius 2 is 1.94 bits per heavy atom. The first-order valence-electron chi connectivity index (χ1n) is 6.93. The van der Waals surface area contributed by atoms with Crippen molar-refractivity contribution in [3.8, 4) is 0 Å². The van der Waals surface area contributed by atoms with Gasteiger partial charge >= 0.3 is 5.97 Å². The molecule has 0 spiro atoms. The molecule has 0 fully saturated rings. The lowest BCUT2D eigenvalue weighted by molar-refractivity contribution is -0.137. The molecule has 1 N–H and O–H groups in total. The minimum absolute atomic E-state index is 0.142. The van der Waals surface area contributed by atoms with E-state index in [9.17, 15) is 4.79 Å². The zero-order valence-electron chi connectivity index (χ0n) is 11.5. The highest BCUT2D eigenvalue weighted by Crippen LogP contribution is 2.19. The standard InChI is InChI=1S/C15H24O3/c1-3-4-5-6-7-8-14-12(2)11-13(18-14)9-10-15(16)17/h11H,3-10H2,1-2H3,(H,16,17). The molecule has 0 aliphatic heterocycles. The Hall–Kier alpha value is -1.25. The quantitative estimate of drug-likeness (QED) is 0.673. The van der Waals surface area contributed by atoms with Crippen molar-refractivity contribution in [1.29, 1.82) is 0 Å². The Kier molecular flexibility index (Phi) is 6.55. The predicted octanol–water partition coefficient (Wildman–Crippen LogP) is 4.12. The zero-order valence-corrected chi connectivity index (χ0v) is 11.5. The van der Waals surface area contributed by atoms with Crippen LogP contribution < -0.4 is 0 Å². The molecule has 0 amide bonds. The Labute approximate surface area is 109 Å². The molecule has 0 aliphatic carbocycles. The molecule has 0 atom stereocenters. The van der Waals surface area contributed by atoms with E-state index in [-0.39, 0.29) is 6.42 Å². The van der Waals surface area contributed by atoms with Crippen LogP contribution in [0.5, 0.6) is 0 Å². The second-order valence-corrected chi connectivity index (χ2v) is 4.88. The average molecular weight is 252 g/mol. The Balaban J connectivity index is 2.34. The number of hydrogen-bond acceptors (Lipinski definition) is 2. The number of rotatable bonds is 9. The van der Waals surface area contributed by atoms with E-state index in [2.05, 4.69) is 6.92 Å². The molecule has 0 unspecified atom stereocenters. The monoisotopic (exact) mass is 252 g/mol. The molecule has 0 radical (unpaired) electrons. The lowest BCUT2D eigenvalue weighted by Gasteiger charge is -1.99. The molecule has 1 aromatic rings. The highest BCUT2D eigenvalue weighted by molar-refractivity contribution is 5.66. The Morgan fingerprint density at radius 3 is 2.61 bits per heavy atom. The topological polar surface area (TPSA) is 50.4 Å². The van der Waals surface area contributed by atoms with E-state index in [1.807, 2.05) is 13.0 Å². The average Bonchev–Trinajstić information content (AvgIpc) is 2.67. The van der Waals surface area contributed by atoms with Crippen LogP contribution in [0.15, 0.2) is 10.5 Å². The second kappa shape index (κ2) is 7.96. The Morgan fingerprint density at radius 1 is 1.22 bits per heavy atom. The van der Waals surface area contributed by atoms with E-state index >= 15 is 0 Å². The van der Waals surface area contributed by atoms with Crippen LogP contribution in [0.2, 0.25) is 0 Å². The van der Waals surface area contributed by atoms with Gasteiger partial charge in [0.05, 0.1) is 6.42 Å². The number of unbranched alkanes of at least 4 members (excludes halogenated alkanes) is 4. The van der Waals surface area contributed by atoms with Crippen LogP contribution >= 0.6 is 0 Å². The number of carbonyl (C=O) groups is 1. The number of aliphatic carboxylic acids is 1. The van der Waals surface area contributed by atoms with Crippen molar-refractivity contribution in [3.63, 3.8) is 0 Å². The Bertz CT molecular complexity index is 366. The first-order valence-corrected chi connectivity index (χ1v) is 6.93. The molecule has 3 heteroatoms. The second-order valence-electron chi connectivity index (χ2n) is 4.88. The van der Waals surface area contributed by atoms with Gasteiger partial charge in [-0.1, -0.05) is 32.6 Å². The van der Waals surface area contributed by atoms with Crippen molar-refractivity contribution < 1.29 is 14.3 Å². The normalized spacial score (nSPS) is 10.8. The largest absolute Gasteiger partial charge is 0.481 e. The summed E-state index contributed by atoms with van der Waals surface area (Å²) in [6.07, 6.45) is 7.88. The molecule has 102 valence electrons. The molecular weight excluding hydrogens is 228 g/mol. The third-order valence-electron chi connectivity index (χ3n) is 3.16. The van der Waals surface area contributed by atoms with Gasteiger partial charge in [0.25, 0.3) is 0 Å². The number of carboxylic acids is 1. The van der Waals surface area contributed by atoms with Crippen molar-refractivity contribution >= 4 is 5.97 Å². The number of furan rings is 1. The highest BCUT2D eigenvalue weighted by Gasteiger charge is 2.08. The molecule has 1 aromatic heterocycles. The van der Waals surface area contributed by atoms with Crippen molar-refractivity contribution in [2.75, 3.05) is 0 Å². The molecule has 3 nitrogen and oxygen atoms in total. The maximum atomic E-state index is 10.5. The van der Waals surface area contributed by atoms with Crippen molar-refractivity contribution in [2.45, 2.75) is 65.2 Å². The van der Waals surface area contributed by atoms with Gasteiger partial charge in [-0.05, 0) is 25.0 Å². The summed E-state index contributed by atoms with van der Waals surface area (Å²) >= 11 is 0. The van der Waals surface area contributed by atoms with E-state index in [1.165, 1.54) is 25.7 Å². The fraction of sp³-hybridized carbons (Fsp3) is 0.667. The van der Waals surface area contributed by atoms with Gasteiger partial charge in [-0.15, -0.1) is 0 Å². The summed E-state index contributed by atoms with van der Waals surface area (Å²) in [5.74, 6) is 1.07. The molecule has 0 aromatic carbocycles. The third kappa shape index (κ3) is 5.39. The molecule has 0 saturated heterocycles. The van der Waals surface area contributed by atoms with Gasteiger partial charge < -0.3 is 9.52 Å². The predicted molar refractivity (Wildman–Crippen MR) is 71.9 cm³/mol. The summed E-state index contributed by atoms with van der Waals surface area (Å²) in [4.78, 5) is 10.5. The molecule has 1 heterocycles. The van der Waals surface area contributed by atoms with Gasteiger partial charge in [0.1, 0.15) is 11.5 Å². The summed E-state index contributed by atoms with van der Waals surface area (Å²) in [6, 6.07) is 1.98. The number of aryl methyl sites for hydroxylation is 3. The molecule has 0 saturated carbocycles. The van der Waals surface area contributed by atoms with Crippen molar-refractivity contribution in [3.05, 3.63) is 23.2 Å². The maximum absolute atomic E-state index is 10.5. The highest BCUT2D eigenvalue weighted by atomic mass is 16.4. The van der Waals surface area contributed by atoms with Crippen LogP contribution in [0, 0.1) is 6.92 Å². The van der Waals surface area contributed by atoms with Crippen LogP contribution in [-0.2, 0) is 17.6 Å². The van der Waals surface area contributed by atoms with Gasteiger partial charge in [-0.2, -0.15) is 0 Å². The summed E-state index contributed by atoms with van der Waals surface area (Å²) in [5, 5.41) is 8.63. The first kappa shape index (κ1) is 14.8. The van der Waals surface area contributed by atoms with E-state index in [0.29, 0.717) is 6.42 Å². The fourth-order valence-corrected chi connectivity index (χ4v) is 2.08. The van der Waals surface area contributed by atoms with Crippen LogP contribution in [0.4, 0.5) is 0 Å². The third-order valence-corrected chi connectivity index (χ3v) is 3.16. The maximum Gasteiger partial charge on any atom is 0.303 e. The minimum Gasteiger partial charge on any atom is -0.481 e. The number of carboxylic acid groups (broad SMARTS) is 1. The van der Waals surface area contributed by atoms with Crippen LogP contribution in [0.3, 0.4) is 0 Å². The van der Waals surface area contributed by atoms with E-state index in [0.717, 1.165) is 29.9 Å². The zero-order chi connectivity index (χ0) is 13.4. The van der Waals surface area contributed by atoms with Gasteiger partial charge in [0.2, 0.25) is 0 Å². The van der Waals surface area contributed by atoms with Crippen molar-refractivity contribution in [1.82, 2.24) is 0 Å². The summed E-state index contributed by atoms with van der Waals surface area (Å²) in [5.41, 5.74) is 1.16. The smallest absolute Gasteiger partial charge is 0.303 e. The molecule has 0 aliphatic rings. The van der Waals surface area contributed by atoms with Crippen molar-refractivity contribution in [2.24, 2.45) is 0 Å². The summed E-state index contributed by atoms with van der Waals surface area (Å²) in [6.45, 7) is 4.25. The first-order chi connectivity index (χ1) is 8.63. The molecule has 1 rings (SSSR count). The van der Waals surface area contributed by atoms with Gasteiger partial charge in [-0.3, -0.25) is 4.79 Å². The molecule has 0 bridgehead atoms. The molecule has 18 heavy (non-hydrogen) atoms. The summed E-state index contributed by atoms with van der Waals surface area (Å²) in [7, 11) is 0. The SMILES string of the molecule is CCCCCCCc1oc(CCC(=O)O)cc1C. The summed E-state index contributed by atoms with van der Waals surface area (Å²) < 4.78 is 5.71. The lowest BCUT2D eigenvalue weighted by Crippen LogP contribution is -1.96. The van der Waals surface area contributed by atoms with Gasteiger partial charge in [0.15, 0.2) is 0 Å². The van der Waals surface area contributed by atoms with Gasteiger partial charge in [0, 0.05) is 12.8 Å². The van der Waals surface area contributed by atoms with Gasteiger partial charge in [-0.25, -0.2) is 0 Å². The molecular formula is C15H24O3. The minimum atomic E-state index is -0.773. The van der Waals surface area contributed by atoms with E-state index in [4.69, 9.17) is 9.52 Å². The van der Waals surface area contributed by atoms with Crippen LogP contribution in [0.25, 0.3) is 0 Å². The number of hydrogen-bond donors (Lipinski definition) is 1.